The quantitative estimate of drug-likeness (QED) is 0.364. The zero-order chi connectivity index (χ0) is 26.8. The fourth-order valence-corrected chi connectivity index (χ4v) is 4.95. The SMILES string of the molecule is CC(C)COc1cc(F)cc(-c2ccc(C(=O)NS(=O)(=O)c3ccn[nH]3)c(CCC3CC(F)(F)C3)n2)c1.[HH].[HH]. The molecule has 1 aliphatic carbocycles. The number of benzene rings is 1. The van der Waals surface area contributed by atoms with Gasteiger partial charge in [0, 0.05) is 27.3 Å². The van der Waals surface area contributed by atoms with E-state index < -0.39 is 27.7 Å². The summed E-state index contributed by atoms with van der Waals surface area (Å²) in [5.74, 6) is -3.85. The fraction of sp³-hybridized carbons (Fsp3) is 0.400. The molecule has 0 atom stereocenters. The first kappa shape index (κ1) is 26.6. The molecule has 0 aliphatic heterocycles. The van der Waals surface area contributed by atoms with Crippen LogP contribution in [-0.4, -0.2) is 42.0 Å². The molecule has 37 heavy (non-hydrogen) atoms. The second-order valence-corrected chi connectivity index (χ2v) is 11.2. The van der Waals surface area contributed by atoms with Gasteiger partial charge in [0.05, 0.1) is 29.8 Å². The van der Waals surface area contributed by atoms with Gasteiger partial charge < -0.3 is 4.74 Å². The van der Waals surface area contributed by atoms with Gasteiger partial charge in [-0.25, -0.2) is 17.9 Å². The predicted octanol–water partition coefficient (Wildman–Crippen LogP) is 5.23. The van der Waals surface area contributed by atoms with E-state index >= 15 is 0 Å². The molecule has 1 aliphatic rings. The van der Waals surface area contributed by atoms with Crippen LogP contribution in [-0.2, 0) is 16.4 Å². The van der Waals surface area contributed by atoms with E-state index in [4.69, 9.17) is 4.74 Å². The number of carbonyl (C=O) groups is 1. The second kappa shape index (κ2) is 10.5. The molecular weight excluding hydrogens is 509 g/mol. The number of alkyl halides is 2. The van der Waals surface area contributed by atoms with E-state index in [-0.39, 0.29) is 50.2 Å². The maximum atomic E-state index is 14.3. The third-order valence-electron chi connectivity index (χ3n) is 5.92. The molecule has 1 aromatic carbocycles. The minimum absolute atomic E-state index is 0. The summed E-state index contributed by atoms with van der Waals surface area (Å²) in [6.45, 7) is 4.31. The lowest BCUT2D eigenvalue weighted by Gasteiger charge is -2.34. The first-order valence-electron chi connectivity index (χ1n) is 11.8. The summed E-state index contributed by atoms with van der Waals surface area (Å²) in [5.41, 5.74) is 0.924. The Morgan fingerprint density at radius 2 is 2.00 bits per heavy atom. The van der Waals surface area contributed by atoms with Gasteiger partial charge >= 0.3 is 0 Å². The van der Waals surface area contributed by atoms with E-state index in [2.05, 4.69) is 15.2 Å². The standard InChI is InChI=1S/C25H27F3N4O4S.2H2/c1-15(2)14-36-19-10-17(9-18(26)11-19)21-6-4-20(22(30-21)5-3-16-12-25(27,28)13-16)24(33)32-37(34,35)23-7-8-29-31-23;;/h4,6-11,15-16H,3,5,12-14H2,1-2H3,(H,29,31)(H,32,33);2*1H. The van der Waals surface area contributed by atoms with E-state index in [0.29, 0.717) is 30.0 Å². The molecule has 0 bridgehead atoms. The number of sulfonamides is 1. The van der Waals surface area contributed by atoms with Crippen LogP contribution < -0.4 is 9.46 Å². The van der Waals surface area contributed by atoms with E-state index in [0.717, 1.165) is 0 Å². The third kappa shape index (κ3) is 6.68. The number of halogens is 3. The molecule has 1 saturated carbocycles. The number of H-pyrrole nitrogens is 1. The average Bonchev–Trinajstić information content (AvgIpc) is 3.35. The van der Waals surface area contributed by atoms with Crippen LogP contribution in [0.2, 0.25) is 0 Å². The Morgan fingerprint density at radius 1 is 1.24 bits per heavy atom. The van der Waals surface area contributed by atoms with Gasteiger partial charge in [-0.3, -0.25) is 14.9 Å². The second-order valence-electron chi connectivity index (χ2n) is 9.60. The molecule has 2 N–H and O–H groups in total. The molecule has 202 valence electrons. The highest BCUT2D eigenvalue weighted by atomic mass is 32.2. The van der Waals surface area contributed by atoms with Crippen molar-refractivity contribution in [3.63, 3.8) is 0 Å². The summed E-state index contributed by atoms with van der Waals surface area (Å²) in [6, 6.07) is 8.20. The normalized spacial score (nSPS) is 15.4. The average molecular weight is 541 g/mol. The van der Waals surface area contributed by atoms with E-state index in [9.17, 15) is 26.4 Å². The Labute approximate surface area is 215 Å². The van der Waals surface area contributed by atoms with Crippen molar-refractivity contribution in [2.75, 3.05) is 6.61 Å². The van der Waals surface area contributed by atoms with Gasteiger partial charge in [0.15, 0.2) is 5.03 Å². The van der Waals surface area contributed by atoms with Crippen molar-refractivity contribution in [1.82, 2.24) is 19.9 Å². The van der Waals surface area contributed by atoms with Crippen molar-refractivity contribution in [3.05, 3.63) is 59.7 Å². The smallest absolute Gasteiger partial charge is 0.281 e. The molecule has 0 spiro atoms. The first-order chi connectivity index (χ1) is 17.4. The van der Waals surface area contributed by atoms with Crippen molar-refractivity contribution >= 4 is 15.9 Å². The number of ether oxygens (including phenoxy) is 1. The van der Waals surface area contributed by atoms with Gasteiger partial charge in [0.1, 0.15) is 11.6 Å². The molecular formula is C25H31F3N4O4S. The molecule has 2 heterocycles. The Bertz CT molecular complexity index is 1380. The predicted molar refractivity (Wildman–Crippen MR) is 133 cm³/mol. The van der Waals surface area contributed by atoms with Crippen LogP contribution in [0, 0.1) is 17.7 Å². The summed E-state index contributed by atoms with van der Waals surface area (Å²) in [5, 5.41) is 5.56. The molecule has 0 unspecified atom stereocenters. The number of carbonyl (C=O) groups excluding carboxylic acids is 1. The number of amides is 1. The molecule has 1 fully saturated rings. The summed E-state index contributed by atoms with van der Waals surface area (Å²) in [6.07, 6.45) is 1.23. The number of aromatic nitrogens is 3. The number of pyridine rings is 1. The van der Waals surface area contributed by atoms with Crippen LogP contribution in [0.3, 0.4) is 0 Å². The molecule has 0 saturated heterocycles. The summed E-state index contributed by atoms with van der Waals surface area (Å²) in [4.78, 5) is 17.5. The van der Waals surface area contributed by atoms with E-state index in [1.165, 1.54) is 36.5 Å². The highest BCUT2D eigenvalue weighted by Crippen LogP contribution is 2.44. The Balaban J connectivity index is 0.00000267. The van der Waals surface area contributed by atoms with Crippen LogP contribution in [0.25, 0.3) is 11.3 Å². The Kier molecular flexibility index (Phi) is 7.58. The van der Waals surface area contributed by atoms with Crippen molar-refractivity contribution in [1.29, 1.82) is 0 Å². The number of aryl methyl sites for hydroxylation is 1. The zero-order valence-electron chi connectivity index (χ0n) is 20.3. The van der Waals surface area contributed by atoms with Crippen molar-refractivity contribution in [2.24, 2.45) is 11.8 Å². The molecule has 12 heteroatoms. The van der Waals surface area contributed by atoms with Crippen LogP contribution in [0.15, 0.2) is 47.6 Å². The topological polar surface area (TPSA) is 114 Å². The highest BCUT2D eigenvalue weighted by Gasteiger charge is 2.44. The lowest BCUT2D eigenvalue weighted by molar-refractivity contribution is -0.111. The number of nitrogens with one attached hydrogen (secondary N) is 2. The van der Waals surface area contributed by atoms with Crippen molar-refractivity contribution in [2.45, 2.75) is 50.5 Å². The van der Waals surface area contributed by atoms with Crippen molar-refractivity contribution < 1.29 is 34.0 Å². The van der Waals surface area contributed by atoms with E-state index in [1.807, 2.05) is 18.6 Å². The van der Waals surface area contributed by atoms with Crippen molar-refractivity contribution in [3.8, 4) is 17.0 Å². The maximum absolute atomic E-state index is 14.3. The monoisotopic (exact) mass is 540 g/mol. The lowest BCUT2D eigenvalue weighted by Crippen LogP contribution is -2.35. The molecule has 3 aromatic rings. The van der Waals surface area contributed by atoms with Gasteiger partial charge in [0.2, 0.25) is 5.92 Å². The largest absolute Gasteiger partial charge is 0.493 e. The van der Waals surface area contributed by atoms with Crippen LogP contribution in [0.4, 0.5) is 13.2 Å². The van der Waals surface area contributed by atoms with Crippen LogP contribution in [0.1, 0.15) is 52.0 Å². The zero-order valence-corrected chi connectivity index (χ0v) is 21.1. The Hall–Kier alpha value is -3.41. The van der Waals surface area contributed by atoms with Gasteiger partial charge in [0.25, 0.3) is 15.9 Å². The minimum Gasteiger partial charge on any atom is -0.493 e. The fourth-order valence-electron chi connectivity index (χ4n) is 4.07. The Morgan fingerprint density at radius 3 is 2.65 bits per heavy atom. The number of nitrogens with zero attached hydrogens (tertiary/aromatic N) is 2. The minimum atomic E-state index is -4.22. The third-order valence-corrected chi connectivity index (χ3v) is 7.19. The first-order valence-corrected chi connectivity index (χ1v) is 13.3. The summed E-state index contributed by atoms with van der Waals surface area (Å²) >= 11 is 0. The van der Waals surface area contributed by atoms with Gasteiger partial charge in [-0.1, -0.05) is 13.8 Å². The van der Waals surface area contributed by atoms with Crippen LogP contribution in [0.5, 0.6) is 5.75 Å². The van der Waals surface area contributed by atoms with Gasteiger partial charge in [-0.15, -0.1) is 0 Å². The summed E-state index contributed by atoms with van der Waals surface area (Å²) in [7, 11) is -4.22. The molecule has 8 nitrogen and oxygen atoms in total. The van der Waals surface area contributed by atoms with E-state index in [1.54, 1.807) is 6.07 Å². The number of hydrogen-bond acceptors (Lipinski definition) is 6. The lowest BCUT2D eigenvalue weighted by atomic mass is 9.78. The highest BCUT2D eigenvalue weighted by molar-refractivity contribution is 7.90. The molecule has 0 radical (unpaired) electrons. The van der Waals surface area contributed by atoms with Crippen LogP contribution >= 0.6 is 0 Å². The summed E-state index contributed by atoms with van der Waals surface area (Å²) < 4.78 is 73.5. The number of hydrogen-bond donors (Lipinski definition) is 2. The maximum Gasteiger partial charge on any atom is 0.281 e. The number of rotatable bonds is 10. The number of aromatic amines is 1. The molecule has 4 rings (SSSR count). The van der Waals surface area contributed by atoms with Gasteiger partial charge in [-0.2, -0.15) is 13.5 Å². The molecule has 2 aromatic heterocycles. The molecule has 1 amide bonds. The van der Waals surface area contributed by atoms with Gasteiger partial charge in [-0.05, 0) is 55.0 Å².